The van der Waals surface area contributed by atoms with E-state index in [0.29, 0.717) is 11.1 Å². The molecular weight excluding hydrogens is 171 g/mol. The number of halogens is 1. The summed E-state index contributed by atoms with van der Waals surface area (Å²) in [6.07, 6.45) is 1.26. The number of rotatable bonds is 0. The van der Waals surface area contributed by atoms with Crippen molar-refractivity contribution < 1.29 is 4.39 Å². The van der Waals surface area contributed by atoms with Crippen LogP contribution in [0.2, 0.25) is 0 Å². The van der Waals surface area contributed by atoms with Crippen molar-refractivity contribution in [3.05, 3.63) is 40.2 Å². The second-order valence-electron chi connectivity index (χ2n) is 2.82. The largest absolute Gasteiger partial charge is 0.313 e. The standard InChI is InChI=1S/C9H7FN2O/c1-5-2-3-6-7(8(5)10)9(13)12-4-11-6/h2-4H,1H3,(H,11,12,13). The number of H-pyrrole nitrogens is 1. The molecule has 0 spiro atoms. The van der Waals surface area contributed by atoms with E-state index in [1.807, 2.05) is 0 Å². The quantitative estimate of drug-likeness (QED) is 0.662. The SMILES string of the molecule is Cc1ccc2nc[nH]c(=O)c2c1F. The summed E-state index contributed by atoms with van der Waals surface area (Å²) in [5, 5.41) is 0.0301. The van der Waals surface area contributed by atoms with Crippen molar-refractivity contribution in [2.24, 2.45) is 0 Å². The fourth-order valence-corrected chi connectivity index (χ4v) is 1.23. The van der Waals surface area contributed by atoms with Crippen LogP contribution in [0.1, 0.15) is 5.56 Å². The average Bonchev–Trinajstić information content (AvgIpc) is 2.12. The highest BCUT2D eigenvalue weighted by Gasteiger charge is 2.07. The Morgan fingerprint density at radius 2 is 2.23 bits per heavy atom. The maximum Gasteiger partial charge on any atom is 0.261 e. The highest BCUT2D eigenvalue weighted by molar-refractivity contribution is 5.78. The summed E-state index contributed by atoms with van der Waals surface area (Å²) in [7, 11) is 0. The normalized spacial score (nSPS) is 10.6. The molecule has 0 saturated carbocycles. The van der Waals surface area contributed by atoms with Crippen LogP contribution in [-0.4, -0.2) is 9.97 Å². The molecule has 1 heterocycles. The predicted molar refractivity (Wildman–Crippen MR) is 47.1 cm³/mol. The van der Waals surface area contributed by atoms with E-state index in [0.717, 1.165) is 0 Å². The highest BCUT2D eigenvalue weighted by atomic mass is 19.1. The summed E-state index contributed by atoms with van der Waals surface area (Å²) in [6, 6.07) is 3.23. The zero-order chi connectivity index (χ0) is 9.42. The summed E-state index contributed by atoms with van der Waals surface area (Å²) in [5.41, 5.74) is 0.393. The predicted octanol–water partition coefficient (Wildman–Crippen LogP) is 1.37. The Balaban J connectivity index is 3.06. The molecule has 1 aromatic carbocycles. The van der Waals surface area contributed by atoms with Crippen molar-refractivity contribution in [3.8, 4) is 0 Å². The summed E-state index contributed by atoms with van der Waals surface area (Å²) < 4.78 is 13.4. The Labute approximate surface area is 73.2 Å². The van der Waals surface area contributed by atoms with Crippen molar-refractivity contribution in [2.75, 3.05) is 0 Å². The van der Waals surface area contributed by atoms with Crippen molar-refractivity contribution in [2.45, 2.75) is 6.92 Å². The first-order valence-corrected chi connectivity index (χ1v) is 3.82. The van der Waals surface area contributed by atoms with Crippen LogP contribution in [0.15, 0.2) is 23.3 Å². The van der Waals surface area contributed by atoms with Crippen LogP contribution < -0.4 is 5.56 Å². The van der Waals surface area contributed by atoms with Gasteiger partial charge in [-0.15, -0.1) is 0 Å². The Hall–Kier alpha value is -1.71. The van der Waals surface area contributed by atoms with Crippen LogP contribution in [0.4, 0.5) is 4.39 Å². The van der Waals surface area contributed by atoms with Crippen molar-refractivity contribution in [1.29, 1.82) is 0 Å². The van der Waals surface area contributed by atoms with Crippen LogP contribution in [0.25, 0.3) is 10.9 Å². The molecule has 0 amide bonds. The Morgan fingerprint density at radius 1 is 1.46 bits per heavy atom. The number of nitrogens with zero attached hydrogens (tertiary/aromatic N) is 1. The molecule has 3 nitrogen and oxygen atoms in total. The fraction of sp³-hybridized carbons (Fsp3) is 0.111. The van der Waals surface area contributed by atoms with Gasteiger partial charge in [-0.25, -0.2) is 9.37 Å². The molecule has 1 N–H and O–H groups in total. The van der Waals surface area contributed by atoms with E-state index in [1.165, 1.54) is 6.33 Å². The lowest BCUT2D eigenvalue weighted by Gasteiger charge is -1.99. The molecule has 2 aromatic rings. The first kappa shape index (κ1) is 7.91. The minimum atomic E-state index is -0.494. The number of aromatic amines is 1. The van der Waals surface area contributed by atoms with E-state index in [9.17, 15) is 9.18 Å². The van der Waals surface area contributed by atoms with Gasteiger partial charge in [0.25, 0.3) is 5.56 Å². The van der Waals surface area contributed by atoms with Crippen LogP contribution in [-0.2, 0) is 0 Å². The minimum absolute atomic E-state index is 0.0301. The maximum absolute atomic E-state index is 13.4. The second kappa shape index (κ2) is 2.65. The zero-order valence-electron chi connectivity index (χ0n) is 6.97. The third kappa shape index (κ3) is 1.11. The number of benzene rings is 1. The number of nitrogens with one attached hydrogen (secondary N) is 1. The fourth-order valence-electron chi connectivity index (χ4n) is 1.23. The Kier molecular flexibility index (Phi) is 1.62. The number of aromatic nitrogens is 2. The van der Waals surface area contributed by atoms with Gasteiger partial charge in [-0.3, -0.25) is 4.79 Å². The molecule has 13 heavy (non-hydrogen) atoms. The molecule has 0 saturated heterocycles. The third-order valence-electron chi connectivity index (χ3n) is 1.94. The van der Waals surface area contributed by atoms with Gasteiger partial charge in [0, 0.05) is 0 Å². The van der Waals surface area contributed by atoms with E-state index in [1.54, 1.807) is 19.1 Å². The lowest BCUT2D eigenvalue weighted by molar-refractivity contribution is 0.629. The molecule has 0 aliphatic heterocycles. The minimum Gasteiger partial charge on any atom is -0.313 e. The lowest BCUT2D eigenvalue weighted by Crippen LogP contribution is -2.08. The molecule has 0 unspecified atom stereocenters. The molecule has 0 aliphatic carbocycles. The highest BCUT2D eigenvalue weighted by Crippen LogP contribution is 2.14. The maximum atomic E-state index is 13.4. The first-order chi connectivity index (χ1) is 6.20. The van der Waals surface area contributed by atoms with Crippen LogP contribution in [0, 0.1) is 12.7 Å². The van der Waals surface area contributed by atoms with E-state index in [-0.39, 0.29) is 5.39 Å². The smallest absolute Gasteiger partial charge is 0.261 e. The Bertz CT molecular complexity index is 518. The number of aryl methyl sites for hydroxylation is 1. The zero-order valence-corrected chi connectivity index (χ0v) is 6.97. The summed E-state index contributed by atoms with van der Waals surface area (Å²) in [4.78, 5) is 17.4. The van der Waals surface area contributed by atoms with Gasteiger partial charge in [-0.05, 0) is 18.6 Å². The summed E-state index contributed by atoms with van der Waals surface area (Å²) >= 11 is 0. The van der Waals surface area contributed by atoms with Gasteiger partial charge in [-0.1, -0.05) is 6.07 Å². The van der Waals surface area contributed by atoms with Crippen molar-refractivity contribution >= 4 is 10.9 Å². The topological polar surface area (TPSA) is 45.8 Å². The van der Waals surface area contributed by atoms with Crippen LogP contribution >= 0.6 is 0 Å². The first-order valence-electron chi connectivity index (χ1n) is 3.82. The molecule has 2 rings (SSSR count). The molecule has 0 atom stereocenters. The number of fused-ring (bicyclic) bond motifs is 1. The van der Waals surface area contributed by atoms with Gasteiger partial charge < -0.3 is 4.98 Å². The van der Waals surface area contributed by atoms with Gasteiger partial charge in [0.05, 0.1) is 11.8 Å². The molecule has 0 aliphatic rings. The van der Waals surface area contributed by atoms with Gasteiger partial charge in [-0.2, -0.15) is 0 Å². The summed E-state index contributed by atoms with van der Waals surface area (Å²) in [5.74, 6) is -0.494. The summed E-state index contributed by atoms with van der Waals surface area (Å²) in [6.45, 7) is 1.61. The Morgan fingerprint density at radius 3 is 3.00 bits per heavy atom. The van der Waals surface area contributed by atoms with Gasteiger partial charge in [0.2, 0.25) is 0 Å². The van der Waals surface area contributed by atoms with Crippen LogP contribution in [0.3, 0.4) is 0 Å². The number of hydrogen-bond acceptors (Lipinski definition) is 2. The lowest BCUT2D eigenvalue weighted by atomic mass is 10.1. The van der Waals surface area contributed by atoms with Crippen molar-refractivity contribution in [1.82, 2.24) is 9.97 Å². The average molecular weight is 178 g/mol. The molecule has 0 bridgehead atoms. The van der Waals surface area contributed by atoms with Crippen LogP contribution in [0.5, 0.6) is 0 Å². The second-order valence-corrected chi connectivity index (χ2v) is 2.82. The monoisotopic (exact) mass is 178 g/mol. The molecule has 1 aromatic heterocycles. The van der Waals surface area contributed by atoms with E-state index in [4.69, 9.17) is 0 Å². The van der Waals surface area contributed by atoms with Crippen molar-refractivity contribution in [3.63, 3.8) is 0 Å². The van der Waals surface area contributed by atoms with Gasteiger partial charge in [0.15, 0.2) is 0 Å². The van der Waals surface area contributed by atoms with Gasteiger partial charge in [0.1, 0.15) is 11.2 Å². The van der Waals surface area contributed by atoms with E-state index >= 15 is 0 Å². The third-order valence-corrected chi connectivity index (χ3v) is 1.94. The van der Waals surface area contributed by atoms with Gasteiger partial charge >= 0.3 is 0 Å². The van der Waals surface area contributed by atoms with E-state index in [2.05, 4.69) is 9.97 Å². The van der Waals surface area contributed by atoms with E-state index < -0.39 is 11.4 Å². The molecular formula is C9H7FN2O. The molecule has 66 valence electrons. The number of hydrogen-bond donors (Lipinski definition) is 1. The molecule has 4 heteroatoms. The molecule has 0 fully saturated rings. The molecule has 0 radical (unpaired) electrons.